The highest BCUT2D eigenvalue weighted by Gasteiger charge is 2.37. The summed E-state index contributed by atoms with van der Waals surface area (Å²) >= 11 is 0. The van der Waals surface area contributed by atoms with Crippen LogP contribution in [0.15, 0.2) is 24.3 Å². The van der Waals surface area contributed by atoms with Gasteiger partial charge in [-0.1, -0.05) is 31.9 Å². The maximum Gasteiger partial charge on any atom is 0.141 e. The van der Waals surface area contributed by atoms with Gasteiger partial charge >= 0.3 is 0 Å². The number of ether oxygens (including phenoxy) is 1. The van der Waals surface area contributed by atoms with Gasteiger partial charge in [-0.05, 0) is 30.9 Å². The zero-order chi connectivity index (χ0) is 13.0. The minimum Gasteiger partial charge on any atom is -0.495 e. The maximum atomic E-state index is 9.83. The first kappa shape index (κ1) is 13.2. The first-order valence-corrected chi connectivity index (χ1v) is 6.74. The van der Waals surface area contributed by atoms with Crippen LogP contribution in [0.25, 0.3) is 0 Å². The minimum atomic E-state index is -0.202. The summed E-state index contributed by atoms with van der Waals surface area (Å²) in [5, 5.41) is 13.4. The summed E-state index contributed by atoms with van der Waals surface area (Å²) < 4.78 is 5.37. The van der Waals surface area contributed by atoms with Crippen molar-refractivity contribution in [2.24, 2.45) is 5.92 Å². The summed E-state index contributed by atoms with van der Waals surface area (Å²) in [6.07, 6.45) is 4.62. The smallest absolute Gasteiger partial charge is 0.141 e. The number of aliphatic hydroxyl groups is 1. The molecule has 1 aromatic carbocycles. The molecule has 3 heteroatoms. The number of methoxy groups -OCH3 is 1. The predicted octanol–water partition coefficient (Wildman–Crippen LogP) is 3.05. The van der Waals surface area contributed by atoms with Gasteiger partial charge in [0.1, 0.15) is 5.75 Å². The van der Waals surface area contributed by atoms with Gasteiger partial charge in [-0.15, -0.1) is 0 Å². The number of aliphatic hydroxyl groups excluding tert-OH is 1. The Balaban J connectivity index is 2.24. The molecule has 2 unspecified atom stereocenters. The molecule has 0 amide bonds. The third kappa shape index (κ3) is 2.46. The van der Waals surface area contributed by atoms with E-state index in [2.05, 4.69) is 12.2 Å². The molecule has 0 radical (unpaired) electrons. The lowest BCUT2D eigenvalue weighted by molar-refractivity contribution is 0.126. The third-order valence-electron chi connectivity index (χ3n) is 4.23. The van der Waals surface area contributed by atoms with E-state index in [4.69, 9.17) is 4.74 Å². The van der Waals surface area contributed by atoms with Crippen LogP contribution in [0.2, 0.25) is 0 Å². The normalized spacial score (nSPS) is 27.8. The Bertz CT molecular complexity index is 394. The first-order chi connectivity index (χ1) is 8.72. The summed E-state index contributed by atoms with van der Waals surface area (Å²) in [7, 11) is 1.68. The molecule has 3 nitrogen and oxygen atoms in total. The summed E-state index contributed by atoms with van der Waals surface area (Å²) in [5.74, 6) is 1.31. The van der Waals surface area contributed by atoms with E-state index in [1.54, 1.807) is 7.11 Å². The Morgan fingerprint density at radius 1 is 1.39 bits per heavy atom. The van der Waals surface area contributed by atoms with E-state index in [0.29, 0.717) is 5.92 Å². The monoisotopic (exact) mass is 249 g/mol. The van der Waals surface area contributed by atoms with Gasteiger partial charge < -0.3 is 15.2 Å². The zero-order valence-electron chi connectivity index (χ0n) is 11.3. The van der Waals surface area contributed by atoms with Crippen molar-refractivity contribution in [1.82, 2.24) is 0 Å². The molecule has 2 N–H and O–H groups in total. The second kappa shape index (κ2) is 5.61. The minimum absolute atomic E-state index is 0.173. The number of anilines is 1. The number of para-hydroxylation sites is 2. The zero-order valence-corrected chi connectivity index (χ0v) is 11.3. The Kier molecular flexibility index (Phi) is 4.12. The van der Waals surface area contributed by atoms with Gasteiger partial charge in [0.2, 0.25) is 0 Å². The quantitative estimate of drug-likeness (QED) is 0.861. The van der Waals surface area contributed by atoms with Crippen LogP contribution in [-0.4, -0.2) is 24.4 Å². The van der Waals surface area contributed by atoms with E-state index in [0.717, 1.165) is 17.9 Å². The van der Waals surface area contributed by atoms with Crippen LogP contribution >= 0.6 is 0 Å². The fraction of sp³-hybridized carbons (Fsp3) is 0.600. The molecule has 0 bridgehead atoms. The van der Waals surface area contributed by atoms with Gasteiger partial charge in [-0.3, -0.25) is 0 Å². The van der Waals surface area contributed by atoms with E-state index in [1.165, 1.54) is 19.3 Å². The average molecular weight is 249 g/mol. The van der Waals surface area contributed by atoms with E-state index in [9.17, 15) is 5.11 Å². The van der Waals surface area contributed by atoms with Gasteiger partial charge in [-0.25, -0.2) is 0 Å². The van der Waals surface area contributed by atoms with E-state index >= 15 is 0 Å². The second-order valence-electron chi connectivity index (χ2n) is 5.29. The molecule has 18 heavy (non-hydrogen) atoms. The van der Waals surface area contributed by atoms with Crippen molar-refractivity contribution in [1.29, 1.82) is 0 Å². The Morgan fingerprint density at radius 2 is 2.17 bits per heavy atom. The molecule has 0 aromatic heterocycles. The van der Waals surface area contributed by atoms with Crippen LogP contribution in [0.5, 0.6) is 5.75 Å². The molecule has 1 saturated carbocycles. The van der Waals surface area contributed by atoms with Crippen molar-refractivity contribution < 1.29 is 9.84 Å². The molecule has 0 heterocycles. The maximum absolute atomic E-state index is 9.83. The molecule has 1 fully saturated rings. The molecule has 1 aromatic rings. The van der Waals surface area contributed by atoms with E-state index in [1.807, 2.05) is 24.3 Å². The lowest BCUT2D eigenvalue weighted by Gasteiger charge is -2.43. The summed E-state index contributed by atoms with van der Waals surface area (Å²) in [6, 6.07) is 7.90. The Labute approximate surface area is 109 Å². The Morgan fingerprint density at radius 3 is 2.83 bits per heavy atom. The largest absolute Gasteiger partial charge is 0.495 e. The molecule has 0 saturated heterocycles. The van der Waals surface area contributed by atoms with Crippen LogP contribution < -0.4 is 10.1 Å². The molecule has 100 valence electrons. The fourth-order valence-electron chi connectivity index (χ4n) is 2.89. The summed E-state index contributed by atoms with van der Waals surface area (Å²) in [6.45, 7) is 2.39. The molecule has 2 rings (SSSR count). The van der Waals surface area contributed by atoms with Gasteiger partial charge in [0.15, 0.2) is 0 Å². The molecule has 1 aliphatic carbocycles. The van der Waals surface area contributed by atoms with Crippen molar-refractivity contribution in [3.63, 3.8) is 0 Å². The van der Waals surface area contributed by atoms with Crippen molar-refractivity contribution in [2.75, 3.05) is 19.0 Å². The highest BCUT2D eigenvalue weighted by atomic mass is 16.5. The molecular formula is C15H23NO2. The number of rotatable bonds is 4. The highest BCUT2D eigenvalue weighted by molar-refractivity contribution is 5.58. The molecule has 0 aliphatic heterocycles. The first-order valence-electron chi connectivity index (χ1n) is 6.74. The molecule has 0 spiro atoms. The van der Waals surface area contributed by atoms with Crippen molar-refractivity contribution in [3.05, 3.63) is 24.3 Å². The lowest BCUT2D eigenvalue weighted by Crippen LogP contribution is -2.49. The average Bonchev–Trinajstić information content (AvgIpc) is 2.42. The van der Waals surface area contributed by atoms with Crippen LogP contribution in [0.1, 0.15) is 32.6 Å². The van der Waals surface area contributed by atoms with E-state index < -0.39 is 0 Å². The lowest BCUT2D eigenvalue weighted by atomic mass is 9.74. The van der Waals surface area contributed by atoms with Crippen LogP contribution in [0.3, 0.4) is 0 Å². The fourth-order valence-corrected chi connectivity index (χ4v) is 2.89. The van der Waals surface area contributed by atoms with Crippen LogP contribution in [-0.2, 0) is 0 Å². The number of hydrogen-bond acceptors (Lipinski definition) is 3. The summed E-state index contributed by atoms with van der Waals surface area (Å²) in [5.41, 5.74) is 0.773. The Hall–Kier alpha value is -1.22. The van der Waals surface area contributed by atoms with Crippen molar-refractivity contribution in [3.8, 4) is 5.75 Å². The second-order valence-corrected chi connectivity index (χ2v) is 5.29. The highest BCUT2D eigenvalue weighted by Crippen LogP contribution is 2.38. The molecular weight excluding hydrogens is 226 g/mol. The summed E-state index contributed by atoms with van der Waals surface area (Å²) in [4.78, 5) is 0. The number of nitrogens with one attached hydrogen (secondary N) is 1. The number of hydrogen-bond donors (Lipinski definition) is 2. The van der Waals surface area contributed by atoms with Gasteiger partial charge in [0.25, 0.3) is 0 Å². The third-order valence-corrected chi connectivity index (χ3v) is 4.23. The van der Waals surface area contributed by atoms with Crippen LogP contribution in [0.4, 0.5) is 5.69 Å². The molecule has 1 aliphatic rings. The standard InChI is InChI=1S/C15H23NO2/c1-12-7-5-6-10-15(12,11-17)16-13-8-3-4-9-14(13)18-2/h3-4,8-9,12,16-17H,5-7,10-11H2,1-2H3. The predicted molar refractivity (Wildman–Crippen MR) is 74.1 cm³/mol. The number of benzene rings is 1. The van der Waals surface area contributed by atoms with Crippen molar-refractivity contribution >= 4 is 5.69 Å². The SMILES string of the molecule is COc1ccccc1NC1(CO)CCCCC1C. The van der Waals surface area contributed by atoms with Gasteiger partial charge in [0.05, 0.1) is 24.9 Å². The van der Waals surface area contributed by atoms with E-state index in [-0.39, 0.29) is 12.1 Å². The molecule has 2 atom stereocenters. The van der Waals surface area contributed by atoms with Gasteiger partial charge in [-0.2, -0.15) is 0 Å². The van der Waals surface area contributed by atoms with Crippen molar-refractivity contribution in [2.45, 2.75) is 38.1 Å². The van der Waals surface area contributed by atoms with Crippen LogP contribution in [0, 0.1) is 5.92 Å². The topological polar surface area (TPSA) is 41.5 Å². The van der Waals surface area contributed by atoms with Gasteiger partial charge in [0, 0.05) is 0 Å².